The molecule has 0 unspecified atom stereocenters. The summed E-state index contributed by atoms with van der Waals surface area (Å²) in [7, 11) is 0. The van der Waals surface area contributed by atoms with Crippen molar-refractivity contribution < 1.29 is 14.7 Å². The average molecular weight is 453 g/mol. The molecule has 7 nitrogen and oxygen atoms in total. The van der Waals surface area contributed by atoms with Crippen molar-refractivity contribution in [3.63, 3.8) is 0 Å². The molecule has 0 atom stereocenters. The molecule has 0 spiro atoms. The van der Waals surface area contributed by atoms with Gasteiger partial charge in [-0.25, -0.2) is 9.97 Å². The molecular formula is C24H25ClN4O3. The third-order valence-corrected chi connectivity index (χ3v) is 7.07. The van der Waals surface area contributed by atoms with Crippen molar-refractivity contribution in [2.45, 2.75) is 56.6 Å². The standard InChI is InChI=1S/C24H25ClN4O3/c25-18-4-2-1-3-16(18)21(31)17-12-26-22-20(17)23(28-13-27-22)29-15-7-5-14(6-8-15)11-19(30)24(32)9-10-24/h1-4,12-15,32H,5-11H2,(H2,26,27,28,29). The van der Waals surface area contributed by atoms with Crippen molar-refractivity contribution in [3.8, 4) is 0 Å². The van der Waals surface area contributed by atoms with Crippen molar-refractivity contribution in [2.75, 3.05) is 5.32 Å². The minimum atomic E-state index is -1.03. The van der Waals surface area contributed by atoms with Gasteiger partial charge >= 0.3 is 0 Å². The summed E-state index contributed by atoms with van der Waals surface area (Å²) in [6, 6.07) is 7.18. The Morgan fingerprint density at radius 2 is 1.88 bits per heavy atom. The van der Waals surface area contributed by atoms with E-state index in [1.807, 2.05) is 0 Å². The Labute approximate surface area is 190 Å². The van der Waals surface area contributed by atoms with Gasteiger partial charge in [0.25, 0.3) is 0 Å². The number of fused-ring (bicyclic) bond motifs is 1. The highest BCUT2D eigenvalue weighted by molar-refractivity contribution is 6.35. The van der Waals surface area contributed by atoms with Gasteiger partial charge < -0.3 is 15.4 Å². The smallest absolute Gasteiger partial charge is 0.196 e. The first kappa shape index (κ1) is 21.1. The van der Waals surface area contributed by atoms with Gasteiger partial charge in [0.05, 0.1) is 16.0 Å². The second-order valence-corrected chi connectivity index (χ2v) is 9.39. The molecule has 166 valence electrons. The summed E-state index contributed by atoms with van der Waals surface area (Å²) >= 11 is 6.25. The van der Waals surface area contributed by atoms with Gasteiger partial charge in [-0.05, 0) is 56.6 Å². The van der Waals surface area contributed by atoms with E-state index in [1.165, 1.54) is 6.33 Å². The highest BCUT2D eigenvalue weighted by Crippen LogP contribution is 2.40. The Balaban J connectivity index is 1.31. The summed E-state index contributed by atoms with van der Waals surface area (Å²) < 4.78 is 0. The highest BCUT2D eigenvalue weighted by Gasteiger charge is 2.47. The Hall–Kier alpha value is -2.77. The third kappa shape index (κ3) is 4.02. The number of aliphatic hydroxyl groups is 1. The molecule has 2 fully saturated rings. The van der Waals surface area contributed by atoms with Gasteiger partial charge in [-0.2, -0.15) is 0 Å². The number of benzene rings is 1. The predicted octanol–water partition coefficient (Wildman–Crippen LogP) is 4.30. The Morgan fingerprint density at radius 3 is 2.59 bits per heavy atom. The number of Topliss-reactive ketones (excluding diaryl/α,β-unsaturated/α-hetero) is 1. The number of carbonyl (C=O) groups excluding carboxylic acids is 2. The van der Waals surface area contributed by atoms with Crippen LogP contribution in [0.4, 0.5) is 5.82 Å². The molecule has 0 aliphatic heterocycles. The molecule has 5 rings (SSSR count). The molecule has 1 aromatic carbocycles. The lowest BCUT2D eigenvalue weighted by molar-refractivity contribution is -0.130. The van der Waals surface area contributed by atoms with Crippen molar-refractivity contribution in [3.05, 3.63) is 52.9 Å². The number of carbonyl (C=O) groups is 2. The van der Waals surface area contributed by atoms with Crippen molar-refractivity contribution in [1.82, 2.24) is 15.0 Å². The van der Waals surface area contributed by atoms with Gasteiger partial charge in [0.15, 0.2) is 11.6 Å². The summed E-state index contributed by atoms with van der Waals surface area (Å²) in [5.74, 6) is 0.764. The number of anilines is 1. The monoisotopic (exact) mass is 452 g/mol. The van der Waals surface area contributed by atoms with Gasteiger partial charge in [0.1, 0.15) is 23.4 Å². The number of H-pyrrole nitrogens is 1. The normalized spacial score (nSPS) is 21.9. The Morgan fingerprint density at radius 1 is 1.12 bits per heavy atom. The van der Waals surface area contributed by atoms with Gasteiger partial charge in [0, 0.05) is 24.2 Å². The zero-order valence-electron chi connectivity index (χ0n) is 17.6. The molecular weight excluding hydrogens is 428 g/mol. The van der Waals surface area contributed by atoms with E-state index in [0.29, 0.717) is 58.2 Å². The third-order valence-electron chi connectivity index (χ3n) is 6.74. The highest BCUT2D eigenvalue weighted by atomic mass is 35.5. The van der Waals surface area contributed by atoms with Crippen molar-refractivity contribution >= 4 is 40.0 Å². The van der Waals surface area contributed by atoms with Crippen LogP contribution < -0.4 is 5.32 Å². The first-order chi connectivity index (χ1) is 15.4. The number of hydrogen-bond acceptors (Lipinski definition) is 6. The summed E-state index contributed by atoms with van der Waals surface area (Å²) in [4.78, 5) is 37.1. The lowest BCUT2D eigenvalue weighted by atomic mass is 9.82. The quantitative estimate of drug-likeness (QED) is 0.461. The zero-order valence-corrected chi connectivity index (χ0v) is 18.4. The number of ketones is 2. The van der Waals surface area contributed by atoms with Gasteiger partial charge in [0.2, 0.25) is 0 Å². The van der Waals surface area contributed by atoms with Crippen molar-refractivity contribution in [2.24, 2.45) is 5.92 Å². The maximum Gasteiger partial charge on any atom is 0.196 e. The number of aromatic amines is 1. The Kier molecular flexibility index (Phi) is 5.47. The van der Waals surface area contributed by atoms with E-state index >= 15 is 0 Å². The van der Waals surface area contributed by atoms with E-state index in [4.69, 9.17) is 11.6 Å². The average Bonchev–Trinajstić information content (AvgIpc) is 3.40. The molecule has 3 aromatic rings. The first-order valence-electron chi connectivity index (χ1n) is 11.1. The van der Waals surface area contributed by atoms with Crippen LogP contribution in [0.2, 0.25) is 5.02 Å². The molecule has 0 saturated heterocycles. The van der Waals surface area contributed by atoms with Crippen LogP contribution in [0.25, 0.3) is 11.0 Å². The van der Waals surface area contributed by atoms with E-state index in [-0.39, 0.29) is 17.6 Å². The second-order valence-electron chi connectivity index (χ2n) is 8.98. The largest absolute Gasteiger partial charge is 0.382 e. The number of rotatable bonds is 7. The minimum absolute atomic E-state index is 0.00136. The van der Waals surface area contributed by atoms with E-state index in [9.17, 15) is 14.7 Å². The summed E-state index contributed by atoms with van der Waals surface area (Å²) in [5, 5.41) is 14.6. The predicted molar refractivity (Wildman–Crippen MR) is 122 cm³/mol. The molecule has 3 N–H and O–H groups in total. The van der Waals surface area contributed by atoms with Crippen LogP contribution in [0.15, 0.2) is 36.8 Å². The van der Waals surface area contributed by atoms with Crippen LogP contribution in [0.5, 0.6) is 0 Å². The maximum absolute atomic E-state index is 13.2. The molecule has 2 aliphatic carbocycles. The van der Waals surface area contributed by atoms with E-state index in [1.54, 1.807) is 30.5 Å². The zero-order chi connectivity index (χ0) is 22.3. The number of aromatic nitrogens is 3. The molecule has 8 heteroatoms. The van der Waals surface area contributed by atoms with E-state index in [2.05, 4.69) is 20.3 Å². The van der Waals surface area contributed by atoms with Gasteiger partial charge in [-0.1, -0.05) is 23.7 Å². The molecule has 32 heavy (non-hydrogen) atoms. The fourth-order valence-electron chi connectivity index (χ4n) is 4.60. The van der Waals surface area contributed by atoms with Crippen LogP contribution >= 0.6 is 11.6 Å². The molecule has 2 aliphatic rings. The van der Waals surface area contributed by atoms with Crippen LogP contribution in [0.1, 0.15) is 60.9 Å². The number of halogens is 1. The second kappa shape index (κ2) is 8.30. The minimum Gasteiger partial charge on any atom is -0.382 e. The van der Waals surface area contributed by atoms with Crippen LogP contribution in [0.3, 0.4) is 0 Å². The van der Waals surface area contributed by atoms with E-state index in [0.717, 1.165) is 25.7 Å². The SMILES string of the molecule is O=C(c1ccccc1Cl)c1c[nH]c2ncnc(NC3CCC(CC(=O)C4(O)CC4)CC3)c12. The van der Waals surface area contributed by atoms with Crippen LogP contribution in [-0.4, -0.2) is 43.3 Å². The fraction of sp³-hybridized carbons (Fsp3) is 0.417. The Bertz CT molecular complexity index is 1180. The molecule has 0 radical (unpaired) electrons. The molecule has 2 aromatic heterocycles. The summed E-state index contributed by atoms with van der Waals surface area (Å²) in [5.41, 5.74) is 0.482. The van der Waals surface area contributed by atoms with Crippen LogP contribution in [-0.2, 0) is 4.79 Å². The summed E-state index contributed by atoms with van der Waals surface area (Å²) in [6.07, 6.45) is 8.47. The topological polar surface area (TPSA) is 108 Å². The molecule has 2 saturated carbocycles. The summed E-state index contributed by atoms with van der Waals surface area (Å²) in [6.45, 7) is 0. The van der Waals surface area contributed by atoms with Gasteiger partial charge in [-0.15, -0.1) is 0 Å². The fourth-order valence-corrected chi connectivity index (χ4v) is 4.82. The lowest BCUT2D eigenvalue weighted by Crippen LogP contribution is -2.30. The van der Waals surface area contributed by atoms with Crippen molar-refractivity contribution in [1.29, 1.82) is 0 Å². The number of nitrogens with one attached hydrogen (secondary N) is 2. The first-order valence-corrected chi connectivity index (χ1v) is 11.5. The molecule has 0 amide bonds. The van der Waals surface area contributed by atoms with Gasteiger partial charge in [-0.3, -0.25) is 9.59 Å². The number of nitrogens with zero attached hydrogens (tertiary/aromatic N) is 2. The van der Waals surface area contributed by atoms with E-state index < -0.39 is 5.60 Å². The molecule has 2 heterocycles. The molecule has 0 bridgehead atoms. The maximum atomic E-state index is 13.2. The van der Waals surface area contributed by atoms with Crippen LogP contribution in [0, 0.1) is 5.92 Å². The lowest BCUT2D eigenvalue weighted by Gasteiger charge is -2.29. The number of hydrogen-bond donors (Lipinski definition) is 3.